The number of methoxy groups -OCH3 is 1. The molecule has 298 valence electrons. The number of hydrogen-bond acceptors (Lipinski definition) is 7. The fraction of sp³-hybridized carbons (Fsp3) is 0.674. The third-order valence-electron chi connectivity index (χ3n) is 12.3. The second kappa shape index (κ2) is 15.1. The highest BCUT2D eigenvalue weighted by Gasteiger charge is 2.49. The summed E-state index contributed by atoms with van der Waals surface area (Å²) in [6.07, 6.45) is 4.10. The number of benzene rings is 2. The van der Waals surface area contributed by atoms with Crippen LogP contribution in [0.1, 0.15) is 111 Å². The Balaban J connectivity index is 1.14. The largest absolute Gasteiger partial charge is 0.497 e. The lowest BCUT2D eigenvalue weighted by molar-refractivity contribution is -0.217. The summed E-state index contributed by atoms with van der Waals surface area (Å²) in [5.74, 6) is 0.613. The monoisotopic (exact) mass is 754 g/mol. The average Bonchev–Trinajstić information content (AvgIpc) is 3.47. The van der Waals surface area contributed by atoms with E-state index in [2.05, 4.69) is 53.8 Å². The Morgan fingerprint density at radius 2 is 1.69 bits per heavy atom. The van der Waals surface area contributed by atoms with Crippen molar-refractivity contribution in [1.29, 1.82) is 0 Å². The smallest absolute Gasteiger partial charge is 0.395 e. The highest BCUT2D eigenvalue weighted by molar-refractivity contribution is 5.79. The van der Waals surface area contributed by atoms with Crippen molar-refractivity contribution < 1.29 is 32.2 Å². The summed E-state index contributed by atoms with van der Waals surface area (Å²) in [4.78, 5) is 16.6. The fourth-order valence-corrected chi connectivity index (χ4v) is 9.27. The molecule has 11 heteroatoms. The molecule has 1 aromatic heterocycles. The Morgan fingerprint density at radius 1 is 1.00 bits per heavy atom. The van der Waals surface area contributed by atoms with E-state index in [1.54, 1.807) is 7.11 Å². The van der Waals surface area contributed by atoms with Crippen LogP contribution >= 0.6 is 0 Å². The number of hydrogen-bond donors (Lipinski definition) is 0. The molecular formula is C43H61F3N4O4. The van der Waals surface area contributed by atoms with Gasteiger partial charge in [-0.2, -0.15) is 18.3 Å². The van der Waals surface area contributed by atoms with E-state index >= 15 is 0 Å². The third kappa shape index (κ3) is 9.27. The zero-order chi connectivity index (χ0) is 39.2. The molecule has 2 saturated heterocycles. The van der Waals surface area contributed by atoms with Crippen molar-refractivity contribution in [2.75, 3.05) is 46.4 Å². The summed E-state index contributed by atoms with van der Waals surface area (Å²) in [6.45, 7) is 16.0. The predicted molar refractivity (Wildman–Crippen MR) is 206 cm³/mol. The lowest BCUT2D eigenvalue weighted by atomic mass is 9.60. The Hall–Kier alpha value is -3.15. The highest BCUT2D eigenvalue weighted by Crippen LogP contribution is 2.55. The van der Waals surface area contributed by atoms with Gasteiger partial charge in [-0.1, -0.05) is 18.2 Å². The number of alkyl halides is 3. The zero-order valence-electron chi connectivity index (χ0n) is 33.7. The Bertz CT molecular complexity index is 1750. The number of likely N-dealkylation sites (tertiary alicyclic amines) is 1. The summed E-state index contributed by atoms with van der Waals surface area (Å²) in [7, 11) is 1.65. The van der Waals surface area contributed by atoms with Gasteiger partial charge >= 0.3 is 12.1 Å². The van der Waals surface area contributed by atoms with Gasteiger partial charge in [-0.3, -0.25) is 19.3 Å². The van der Waals surface area contributed by atoms with Crippen molar-refractivity contribution in [2.24, 2.45) is 10.8 Å². The maximum atomic E-state index is 14.3. The first-order valence-electron chi connectivity index (χ1n) is 19.7. The van der Waals surface area contributed by atoms with Crippen molar-refractivity contribution in [3.05, 3.63) is 59.8 Å². The molecule has 2 aromatic carbocycles. The molecule has 6 rings (SSSR count). The van der Waals surface area contributed by atoms with E-state index in [4.69, 9.17) is 19.3 Å². The number of halogens is 3. The van der Waals surface area contributed by atoms with Crippen LogP contribution in [0.3, 0.4) is 0 Å². The average molecular weight is 755 g/mol. The topological polar surface area (TPSA) is 69.1 Å². The Kier molecular flexibility index (Phi) is 11.3. The second-order valence-corrected chi connectivity index (χ2v) is 18.8. The summed E-state index contributed by atoms with van der Waals surface area (Å²) in [6, 6.07) is 14.7. The summed E-state index contributed by atoms with van der Waals surface area (Å²) in [5, 5.41) is 5.83. The van der Waals surface area contributed by atoms with Crippen LogP contribution in [-0.2, 0) is 26.2 Å². The number of piperidine rings is 1. The molecule has 8 nitrogen and oxygen atoms in total. The van der Waals surface area contributed by atoms with Crippen molar-refractivity contribution in [2.45, 2.75) is 129 Å². The van der Waals surface area contributed by atoms with E-state index in [1.165, 1.54) is 19.4 Å². The van der Waals surface area contributed by atoms with Gasteiger partial charge in [-0.25, -0.2) is 0 Å². The van der Waals surface area contributed by atoms with Crippen LogP contribution in [0.5, 0.6) is 5.75 Å². The first-order chi connectivity index (χ1) is 25.2. The third-order valence-corrected chi connectivity index (χ3v) is 12.3. The van der Waals surface area contributed by atoms with E-state index in [0.717, 1.165) is 73.8 Å². The molecule has 3 aromatic rings. The minimum Gasteiger partial charge on any atom is -0.497 e. The van der Waals surface area contributed by atoms with Crippen molar-refractivity contribution in [3.8, 4) is 5.75 Å². The number of fused-ring (bicyclic) bond motifs is 1. The first kappa shape index (κ1) is 40.5. The van der Waals surface area contributed by atoms with Gasteiger partial charge in [0.05, 0.1) is 42.4 Å². The van der Waals surface area contributed by atoms with Gasteiger partial charge in [-0.15, -0.1) is 0 Å². The quantitative estimate of drug-likeness (QED) is 0.171. The number of rotatable bonds is 12. The molecule has 3 heterocycles. The van der Waals surface area contributed by atoms with Crippen molar-refractivity contribution in [3.63, 3.8) is 0 Å². The van der Waals surface area contributed by atoms with Crippen molar-refractivity contribution >= 4 is 16.9 Å². The van der Waals surface area contributed by atoms with Crippen LogP contribution < -0.4 is 4.74 Å². The second-order valence-electron chi connectivity index (χ2n) is 18.8. The van der Waals surface area contributed by atoms with Gasteiger partial charge in [0.15, 0.2) is 0 Å². The van der Waals surface area contributed by atoms with Gasteiger partial charge in [0, 0.05) is 30.5 Å². The number of esters is 1. The van der Waals surface area contributed by atoms with E-state index in [9.17, 15) is 18.0 Å². The SMILES string of the molecule is COc1ccc([C@]2(CCN(Cc3ccc4c(cnn4C4CC5(CCN(CC(=O)OC(C)(C)C)CC5)C4)c3)CC(C)(C)C(F)(F)F)CCOC(C)(C)C2)cc1. The zero-order valence-corrected chi connectivity index (χ0v) is 33.7. The molecule has 0 bridgehead atoms. The molecule has 2 aliphatic heterocycles. The minimum atomic E-state index is -4.33. The van der Waals surface area contributed by atoms with Gasteiger partial charge < -0.3 is 14.2 Å². The number of nitrogens with zero attached hydrogens (tertiary/aromatic N) is 4. The van der Waals surface area contributed by atoms with Crippen molar-refractivity contribution in [1.82, 2.24) is 19.6 Å². The molecule has 0 unspecified atom stereocenters. The first-order valence-corrected chi connectivity index (χ1v) is 19.7. The standard InChI is InChI=1S/C43H61F3N4O4/c1-38(2,3)54-37(51)28-48-19-15-41(16-20-48)24-34(25-41)50-36-14-9-31(23-32(36)26-47-50)27-49(30-39(4,5)43(44,45)46)21-17-42(18-22-53-40(6,7)29-42)33-10-12-35(52-8)13-11-33/h9-14,23,26,34H,15-22,24-25,27-30H2,1-8H3/t42-/m1/s1. The van der Waals surface area contributed by atoms with Crippen LogP contribution in [0.4, 0.5) is 13.2 Å². The van der Waals surface area contributed by atoms with Crippen LogP contribution in [0.2, 0.25) is 0 Å². The van der Waals surface area contributed by atoms with E-state index < -0.39 is 17.2 Å². The number of carbonyl (C=O) groups excluding carboxylic acids is 1. The number of ether oxygens (including phenoxy) is 3. The highest BCUT2D eigenvalue weighted by atomic mass is 19.4. The van der Waals surface area contributed by atoms with Gasteiger partial charge in [0.2, 0.25) is 0 Å². The Labute approximate surface area is 319 Å². The number of aromatic nitrogens is 2. The molecule has 1 atom stereocenters. The minimum absolute atomic E-state index is 0.105. The fourth-order valence-electron chi connectivity index (χ4n) is 9.27. The van der Waals surface area contributed by atoms with E-state index in [-0.39, 0.29) is 28.9 Å². The molecule has 1 aliphatic carbocycles. The molecule has 1 saturated carbocycles. The van der Waals surface area contributed by atoms with Crippen LogP contribution in [-0.4, -0.2) is 89.4 Å². The van der Waals surface area contributed by atoms with Gasteiger partial charge in [0.25, 0.3) is 0 Å². The molecule has 3 aliphatic rings. The molecule has 0 N–H and O–H groups in total. The van der Waals surface area contributed by atoms with Crippen LogP contribution in [0.25, 0.3) is 10.9 Å². The maximum Gasteiger partial charge on any atom is 0.395 e. The molecule has 3 fully saturated rings. The summed E-state index contributed by atoms with van der Waals surface area (Å²) >= 11 is 0. The number of carbonyl (C=O) groups is 1. The predicted octanol–water partition coefficient (Wildman–Crippen LogP) is 9.11. The molecular weight excluding hydrogens is 693 g/mol. The molecule has 0 radical (unpaired) electrons. The van der Waals surface area contributed by atoms with Gasteiger partial charge in [0.1, 0.15) is 11.4 Å². The molecule has 54 heavy (non-hydrogen) atoms. The molecule has 0 amide bonds. The van der Waals surface area contributed by atoms with Crippen LogP contribution in [0, 0.1) is 10.8 Å². The van der Waals surface area contributed by atoms with Gasteiger partial charge in [-0.05, 0) is 154 Å². The summed E-state index contributed by atoms with van der Waals surface area (Å²) < 4.78 is 62.2. The molecule has 1 spiro atoms. The lowest BCUT2D eigenvalue weighted by Gasteiger charge is -2.52. The normalized spacial score (nSPS) is 22.4. The van der Waals surface area contributed by atoms with Crippen LogP contribution in [0.15, 0.2) is 48.7 Å². The Morgan fingerprint density at radius 3 is 2.30 bits per heavy atom. The van der Waals surface area contributed by atoms with E-state index in [0.29, 0.717) is 38.7 Å². The van der Waals surface area contributed by atoms with E-state index in [1.807, 2.05) is 44.0 Å². The lowest BCUT2D eigenvalue weighted by Crippen LogP contribution is -2.49. The summed E-state index contributed by atoms with van der Waals surface area (Å²) in [5.41, 5.74) is 0.550. The maximum absolute atomic E-state index is 14.3.